The minimum atomic E-state index is 0.00622. The van der Waals surface area contributed by atoms with Crippen LogP contribution in [0.2, 0.25) is 0 Å². The Bertz CT molecular complexity index is 443. The first-order valence-corrected chi connectivity index (χ1v) is 8.31. The Morgan fingerprint density at radius 1 is 0.818 bits per heavy atom. The molecule has 4 heteroatoms. The molecule has 0 spiro atoms. The van der Waals surface area contributed by atoms with Crippen LogP contribution in [0, 0.1) is 0 Å². The monoisotopic (exact) mass is 310 g/mol. The van der Waals surface area contributed by atoms with Crippen LogP contribution in [0.15, 0.2) is 6.07 Å². The highest BCUT2D eigenvalue weighted by atomic mass is 16.5. The van der Waals surface area contributed by atoms with Gasteiger partial charge in [0.15, 0.2) is 11.5 Å². The summed E-state index contributed by atoms with van der Waals surface area (Å²) < 4.78 is 10.2. The summed E-state index contributed by atoms with van der Waals surface area (Å²) in [5.74, 6) is 0.462. The Morgan fingerprint density at radius 3 is 1.91 bits per heavy atom. The molecule has 1 aromatic rings. The number of methoxy groups -OCH3 is 2. The first kappa shape index (κ1) is 18.5. The van der Waals surface area contributed by atoms with Gasteiger partial charge in [0.2, 0.25) is 11.5 Å². The van der Waals surface area contributed by atoms with Gasteiger partial charge in [-0.25, -0.2) is 0 Å². The highest BCUT2D eigenvalue weighted by Gasteiger charge is 2.18. The smallest absolute Gasteiger partial charge is 0.207 e. The number of phenolic OH excluding ortho intramolecular Hbond substituents is 2. The zero-order valence-electron chi connectivity index (χ0n) is 14.2. The van der Waals surface area contributed by atoms with Gasteiger partial charge in [-0.3, -0.25) is 0 Å². The number of hydrogen-bond acceptors (Lipinski definition) is 4. The molecule has 0 radical (unpaired) electrons. The third-order valence-corrected chi connectivity index (χ3v) is 3.98. The number of hydrogen-bond donors (Lipinski definition) is 2. The van der Waals surface area contributed by atoms with Gasteiger partial charge in [-0.2, -0.15) is 0 Å². The summed E-state index contributed by atoms with van der Waals surface area (Å²) in [6, 6.07) is 1.57. The van der Waals surface area contributed by atoms with Crippen LogP contribution >= 0.6 is 0 Å². The van der Waals surface area contributed by atoms with E-state index < -0.39 is 0 Å². The van der Waals surface area contributed by atoms with Crippen LogP contribution in [-0.2, 0) is 6.42 Å². The molecule has 0 saturated heterocycles. The largest absolute Gasteiger partial charge is 0.504 e. The Labute approximate surface area is 134 Å². The van der Waals surface area contributed by atoms with Crippen LogP contribution in [0.4, 0.5) is 0 Å². The molecule has 0 saturated carbocycles. The fourth-order valence-electron chi connectivity index (χ4n) is 2.70. The molecular formula is C18H30O4. The maximum absolute atomic E-state index is 10.2. The van der Waals surface area contributed by atoms with E-state index in [4.69, 9.17) is 9.47 Å². The number of ether oxygens (including phenoxy) is 2. The fourth-order valence-corrected chi connectivity index (χ4v) is 2.70. The Balaban J connectivity index is 2.45. The van der Waals surface area contributed by atoms with Gasteiger partial charge in [0.05, 0.1) is 14.2 Å². The molecule has 0 atom stereocenters. The molecule has 0 heterocycles. The summed E-state index contributed by atoms with van der Waals surface area (Å²) in [6.07, 6.45) is 10.6. The molecule has 0 unspecified atom stereocenters. The molecule has 1 rings (SSSR count). The fraction of sp³-hybridized carbons (Fsp3) is 0.667. The lowest BCUT2D eigenvalue weighted by atomic mass is 10.0. The second-order valence-corrected chi connectivity index (χ2v) is 5.69. The SMILES string of the molecule is CCCCCCCCCCc1cc(O)c(OC)c(OC)c1O. The lowest BCUT2D eigenvalue weighted by Crippen LogP contribution is -1.95. The van der Waals surface area contributed by atoms with Gasteiger partial charge in [-0.05, 0) is 18.9 Å². The number of aryl methyl sites for hydroxylation is 1. The quantitative estimate of drug-likeness (QED) is 0.455. The maximum atomic E-state index is 10.2. The van der Waals surface area contributed by atoms with E-state index in [2.05, 4.69) is 6.92 Å². The van der Waals surface area contributed by atoms with Crippen molar-refractivity contribution in [1.82, 2.24) is 0 Å². The van der Waals surface area contributed by atoms with E-state index in [0.29, 0.717) is 5.56 Å². The number of aromatic hydroxyl groups is 2. The van der Waals surface area contributed by atoms with Crippen LogP contribution < -0.4 is 9.47 Å². The van der Waals surface area contributed by atoms with E-state index in [1.807, 2.05) is 0 Å². The summed E-state index contributed by atoms with van der Waals surface area (Å²) >= 11 is 0. The van der Waals surface area contributed by atoms with Gasteiger partial charge in [0, 0.05) is 5.56 Å². The predicted octanol–water partition coefficient (Wildman–Crippen LogP) is 4.80. The molecule has 0 amide bonds. The van der Waals surface area contributed by atoms with Gasteiger partial charge >= 0.3 is 0 Å². The Morgan fingerprint density at radius 2 is 1.36 bits per heavy atom. The van der Waals surface area contributed by atoms with Crippen molar-refractivity contribution in [1.29, 1.82) is 0 Å². The van der Waals surface area contributed by atoms with Crippen LogP contribution in [0.1, 0.15) is 63.9 Å². The molecule has 0 aliphatic rings. The van der Waals surface area contributed by atoms with Gasteiger partial charge in [-0.1, -0.05) is 51.9 Å². The van der Waals surface area contributed by atoms with Crippen molar-refractivity contribution >= 4 is 0 Å². The van der Waals surface area contributed by atoms with Gasteiger partial charge < -0.3 is 19.7 Å². The minimum absolute atomic E-state index is 0.00622. The summed E-state index contributed by atoms with van der Waals surface area (Å²) in [7, 11) is 2.90. The highest BCUT2D eigenvalue weighted by molar-refractivity contribution is 5.61. The topological polar surface area (TPSA) is 58.9 Å². The van der Waals surface area contributed by atoms with Gasteiger partial charge in [0.25, 0.3) is 0 Å². The summed E-state index contributed by atoms with van der Waals surface area (Å²) in [4.78, 5) is 0. The first-order valence-electron chi connectivity index (χ1n) is 8.31. The zero-order valence-corrected chi connectivity index (χ0v) is 14.2. The molecule has 0 aromatic heterocycles. The van der Waals surface area contributed by atoms with Gasteiger partial charge in [0.1, 0.15) is 0 Å². The molecule has 1 aromatic carbocycles. The van der Waals surface area contributed by atoms with Crippen LogP contribution in [0.5, 0.6) is 23.0 Å². The molecule has 0 aliphatic heterocycles. The third-order valence-electron chi connectivity index (χ3n) is 3.98. The zero-order chi connectivity index (χ0) is 16.4. The van der Waals surface area contributed by atoms with Crippen molar-refractivity contribution in [2.75, 3.05) is 14.2 Å². The normalized spacial score (nSPS) is 10.7. The average Bonchev–Trinajstić information content (AvgIpc) is 2.52. The number of benzene rings is 1. The maximum Gasteiger partial charge on any atom is 0.207 e. The molecule has 0 fully saturated rings. The minimum Gasteiger partial charge on any atom is -0.504 e. The average molecular weight is 310 g/mol. The lowest BCUT2D eigenvalue weighted by molar-refractivity contribution is 0.314. The molecule has 0 bridgehead atoms. The van der Waals surface area contributed by atoms with Crippen LogP contribution in [0.25, 0.3) is 0 Å². The van der Waals surface area contributed by atoms with Crippen molar-refractivity contribution in [3.05, 3.63) is 11.6 Å². The van der Waals surface area contributed by atoms with Crippen molar-refractivity contribution < 1.29 is 19.7 Å². The second-order valence-electron chi connectivity index (χ2n) is 5.69. The van der Waals surface area contributed by atoms with E-state index in [1.165, 1.54) is 52.7 Å². The summed E-state index contributed by atoms with van der Waals surface area (Å²) in [5.41, 5.74) is 0.709. The Hall–Kier alpha value is -1.58. The second kappa shape index (κ2) is 10.2. The van der Waals surface area contributed by atoms with Crippen molar-refractivity contribution in [3.8, 4) is 23.0 Å². The van der Waals surface area contributed by atoms with Crippen molar-refractivity contribution in [2.45, 2.75) is 64.7 Å². The lowest BCUT2D eigenvalue weighted by Gasteiger charge is -2.14. The predicted molar refractivity (Wildman–Crippen MR) is 89.2 cm³/mol. The van der Waals surface area contributed by atoms with Crippen molar-refractivity contribution in [3.63, 3.8) is 0 Å². The highest BCUT2D eigenvalue weighted by Crippen LogP contribution is 2.45. The third kappa shape index (κ3) is 5.32. The standard InChI is InChI=1S/C18H30O4/c1-4-5-6-7-8-9-10-11-12-14-13-15(19)17(21-2)18(22-3)16(14)20/h13,19-20H,4-12H2,1-3H3. The molecule has 126 valence electrons. The van der Waals surface area contributed by atoms with E-state index in [0.717, 1.165) is 19.3 Å². The molecule has 4 nitrogen and oxygen atoms in total. The molecule has 22 heavy (non-hydrogen) atoms. The van der Waals surface area contributed by atoms with Gasteiger partial charge in [-0.15, -0.1) is 0 Å². The summed E-state index contributed by atoms with van der Waals surface area (Å²) in [5, 5.41) is 20.1. The van der Waals surface area contributed by atoms with E-state index in [-0.39, 0.29) is 23.0 Å². The first-order chi connectivity index (χ1) is 10.7. The van der Waals surface area contributed by atoms with E-state index >= 15 is 0 Å². The number of unbranched alkanes of at least 4 members (excludes halogenated alkanes) is 7. The molecule has 2 N–H and O–H groups in total. The van der Waals surface area contributed by atoms with Crippen LogP contribution in [0.3, 0.4) is 0 Å². The number of rotatable bonds is 11. The molecule has 0 aliphatic carbocycles. The van der Waals surface area contributed by atoms with Crippen molar-refractivity contribution in [2.24, 2.45) is 0 Å². The van der Waals surface area contributed by atoms with E-state index in [9.17, 15) is 10.2 Å². The number of phenols is 2. The van der Waals surface area contributed by atoms with Crippen LogP contribution in [-0.4, -0.2) is 24.4 Å². The van der Waals surface area contributed by atoms with E-state index in [1.54, 1.807) is 6.07 Å². The summed E-state index contributed by atoms with van der Waals surface area (Å²) in [6.45, 7) is 2.23. The molecular weight excluding hydrogens is 280 g/mol. The Kier molecular flexibility index (Phi) is 8.56.